The van der Waals surface area contributed by atoms with Gasteiger partial charge in [0, 0.05) is 37.4 Å². The Bertz CT molecular complexity index is 901. The summed E-state index contributed by atoms with van der Waals surface area (Å²) in [4.78, 5) is 25.0. The normalized spacial score (nSPS) is 16.9. The molecule has 1 atom stereocenters. The van der Waals surface area contributed by atoms with E-state index in [1.54, 1.807) is 17.5 Å². The predicted molar refractivity (Wildman–Crippen MR) is 91.9 cm³/mol. The first kappa shape index (κ1) is 14.5. The van der Waals surface area contributed by atoms with E-state index >= 15 is 0 Å². The Morgan fingerprint density at radius 3 is 3.04 bits per heavy atom. The molecule has 0 unspecified atom stereocenters. The minimum Gasteiger partial charge on any atom is -0.309 e. The van der Waals surface area contributed by atoms with Gasteiger partial charge in [-0.3, -0.25) is 4.90 Å². The van der Waals surface area contributed by atoms with Crippen LogP contribution in [0.15, 0.2) is 34.7 Å². The monoisotopic (exact) mass is 326 g/mol. The number of H-pyrrole nitrogens is 1. The van der Waals surface area contributed by atoms with Crippen molar-refractivity contribution < 1.29 is 0 Å². The van der Waals surface area contributed by atoms with Crippen LogP contribution in [0.3, 0.4) is 0 Å². The molecule has 0 aliphatic carbocycles. The van der Waals surface area contributed by atoms with Crippen molar-refractivity contribution >= 4 is 21.6 Å². The molecule has 4 rings (SSSR count). The van der Waals surface area contributed by atoms with Crippen LogP contribution in [0.2, 0.25) is 0 Å². The summed E-state index contributed by atoms with van der Waals surface area (Å²) in [5, 5.41) is 0. The Labute approximate surface area is 138 Å². The third-order valence-corrected chi connectivity index (χ3v) is 5.50. The molecule has 0 radical (unpaired) electrons. The van der Waals surface area contributed by atoms with E-state index in [9.17, 15) is 4.79 Å². The molecular formula is C17H18N4OS. The summed E-state index contributed by atoms with van der Waals surface area (Å²) < 4.78 is 1.23. The molecule has 3 heterocycles. The molecule has 0 saturated heterocycles. The van der Waals surface area contributed by atoms with E-state index < -0.39 is 0 Å². The molecule has 5 nitrogen and oxygen atoms in total. The number of hydrogen-bond donors (Lipinski definition) is 1. The van der Waals surface area contributed by atoms with Crippen molar-refractivity contribution in [3.8, 4) is 0 Å². The van der Waals surface area contributed by atoms with Gasteiger partial charge in [-0.05, 0) is 36.6 Å². The van der Waals surface area contributed by atoms with E-state index in [2.05, 4.69) is 45.0 Å². The SMILES string of the molecule is C[C@@H](c1ccc2scnc2c1)N1CCc2cnc(=O)[nH]c2CC1. The minimum atomic E-state index is -0.251. The van der Waals surface area contributed by atoms with Crippen molar-refractivity contribution in [2.75, 3.05) is 13.1 Å². The van der Waals surface area contributed by atoms with Crippen LogP contribution < -0.4 is 5.69 Å². The van der Waals surface area contributed by atoms with Crippen molar-refractivity contribution in [1.82, 2.24) is 19.9 Å². The molecule has 0 saturated carbocycles. The first-order chi connectivity index (χ1) is 11.2. The number of aromatic nitrogens is 3. The molecule has 6 heteroatoms. The lowest BCUT2D eigenvalue weighted by Gasteiger charge is -2.27. The summed E-state index contributed by atoms with van der Waals surface area (Å²) in [5.74, 6) is 0. The van der Waals surface area contributed by atoms with Crippen LogP contribution in [0.4, 0.5) is 0 Å². The quantitative estimate of drug-likeness (QED) is 0.786. The largest absolute Gasteiger partial charge is 0.345 e. The number of hydrogen-bond acceptors (Lipinski definition) is 5. The Kier molecular flexibility index (Phi) is 3.71. The van der Waals surface area contributed by atoms with Crippen LogP contribution >= 0.6 is 11.3 Å². The smallest absolute Gasteiger partial charge is 0.309 e. The fourth-order valence-electron chi connectivity index (χ4n) is 3.26. The number of thiazole rings is 1. The fourth-order valence-corrected chi connectivity index (χ4v) is 3.92. The number of benzene rings is 1. The molecule has 118 valence electrons. The zero-order chi connectivity index (χ0) is 15.8. The first-order valence-electron chi connectivity index (χ1n) is 7.85. The van der Waals surface area contributed by atoms with Crippen molar-refractivity contribution in [2.45, 2.75) is 25.8 Å². The number of rotatable bonds is 2. The zero-order valence-corrected chi connectivity index (χ0v) is 13.8. The Morgan fingerprint density at radius 1 is 1.26 bits per heavy atom. The van der Waals surface area contributed by atoms with E-state index in [1.165, 1.54) is 10.3 Å². The highest BCUT2D eigenvalue weighted by molar-refractivity contribution is 7.16. The van der Waals surface area contributed by atoms with Crippen LogP contribution in [-0.4, -0.2) is 32.9 Å². The van der Waals surface area contributed by atoms with Crippen molar-refractivity contribution in [1.29, 1.82) is 0 Å². The second-order valence-corrected chi connectivity index (χ2v) is 6.87. The molecule has 1 aliphatic rings. The second kappa shape index (κ2) is 5.86. The molecule has 1 N–H and O–H groups in total. The lowest BCUT2D eigenvalue weighted by Crippen LogP contribution is -2.29. The molecule has 2 aromatic heterocycles. The third-order valence-electron chi connectivity index (χ3n) is 4.69. The summed E-state index contributed by atoms with van der Waals surface area (Å²) in [5.41, 5.74) is 6.21. The van der Waals surface area contributed by atoms with Gasteiger partial charge in [0.05, 0.1) is 15.7 Å². The Balaban J connectivity index is 1.57. The molecule has 3 aromatic rings. The van der Waals surface area contributed by atoms with Crippen LogP contribution in [0, 0.1) is 0 Å². The van der Waals surface area contributed by atoms with E-state index in [1.807, 2.05) is 5.51 Å². The number of nitrogens with zero attached hydrogens (tertiary/aromatic N) is 3. The molecule has 1 aromatic carbocycles. The summed E-state index contributed by atoms with van der Waals surface area (Å²) in [7, 11) is 0. The van der Waals surface area contributed by atoms with Crippen LogP contribution in [-0.2, 0) is 12.8 Å². The van der Waals surface area contributed by atoms with Crippen molar-refractivity contribution in [2.24, 2.45) is 0 Å². The predicted octanol–water partition coefficient (Wildman–Crippen LogP) is 2.54. The molecule has 0 fully saturated rings. The topological polar surface area (TPSA) is 61.9 Å². The molecule has 0 spiro atoms. The van der Waals surface area contributed by atoms with Crippen LogP contribution in [0.25, 0.3) is 10.2 Å². The van der Waals surface area contributed by atoms with Gasteiger partial charge in [0.1, 0.15) is 0 Å². The third kappa shape index (κ3) is 2.80. The zero-order valence-electron chi connectivity index (χ0n) is 13.0. The van der Waals surface area contributed by atoms with Gasteiger partial charge in [-0.1, -0.05) is 6.07 Å². The van der Waals surface area contributed by atoms with Gasteiger partial charge < -0.3 is 4.98 Å². The summed E-state index contributed by atoms with van der Waals surface area (Å²) in [6, 6.07) is 6.88. The van der Waals surface area contributed by atoms with Gasteiger partial charge in [-0.2, -0.15) is 0 Å². The van der Waals surface area contributed by atoms with E-state index in [0.29, 0.717) is 6.04 Å². The Hall–Kier alpha value is -2.05. The first-order valence-corrected chi connectivity index (χ1v) is 8.73. The van der Waals surface area contributed by atoms with Gasteiger partial charge in [0.15, 0.2) is 0 Å². The average Bonchev–Trinajstić information content (AvgIpc) is 2.93. The lowest BCUT2D eigenvalue weighted by atomic mass is 10.1. The standard InChI is InChI=1S/C17H18N4OS/c1-11(12-2-3-16-15(8-12)19-10-23-16)21-6-4-13-9-18-17(22)20-14(13)5-7-21/h2-3,8-11H,4-7H2,1H3,(H,18,20,22)/t11-/m0/s1. The van der Waals surface area contributed by atoms with Gasteiger partial charge in [0.2, 0.25) is 0 Å². The number of nitrogens with one attached hydrogen (secondary N) is 1. The average molecular weight is 326 g/mol. The van der Waals surface area contributed by atoms with Crippen molar-refractivity contribution in [3.05, 3.63) is 57.2 Å². The number of fused-ring (bicyclic) bond motifs is 2. The van der Waals surface area contributed by atoms with E-state index in [4.69, 9.17) is 0 Å². The van der Waals surface area contributed by atoms with Gasteiger partial charge in [0.25, 0.3) is 0 Å². The molecule has 0 bridgehead atoms. The van der Waals surface area contributed by atoms with E-state index in [-0.39, 0.29) is 5.69 Å². The molecular weight excluding hydrogens is 308 g/mol. The number of aromatic amines is 1. The fraction of sp³-hybridized carbons (Fsp3) is 0.353. The highest BCUT2D eigenvalue weighted by atomic mass is 32.1. The van der Waals surface area contributed by atoms with Crippen molar-refractivity contribution in [3.63, 3.8) is 0 Å². The summed E-state index contributed by atoms with van der Waals surface area (Å²) in [6.07, 6.45) is 3.50. The molecule has 1 aliphatic heterocycles. The maximum Gasteiger partial charge on any atom is 0.345 e. The Morgan fingerprint density at radius 2 is 2.13 bits per heavy atom. The van der Waals surface area contributed by atoms with Crippen LogP contribution in [0.5, 0.6) is 0 Å². The maximum atomic E-state index is 11.4. The van der Waals surface area contributed by atoms with E-state index in [0.717, 1.165) is 42.7 Å². The summed E-state index contributed by atoms with van der Waals surface area (Å²) >= 11 is 1.67. The van der Waals surface area contributed by atoms with Gasteiger partial charge >= 0.3 is 5.69 Å². The molecule has 0 amide bonds. The summed E-state index contributed by atoms with van der Waals surface area (Å²) in [6.45, 7) is 4.14. The molecule has 23 heavy (non-hydrogen) atoms. The maximum absolute atomic E-state index is 11.4. The van der Waals surface area contributed by atoms with Crippen LogP contribution in [0.1, 0.15) is 29.8 Å². The highest BCUT2D eigenvalue weighted by Gasteiger charge is 2.20. The lowest BCUT2D eigenvalue weighted by molar-refractivity contribution is 0.221. The van der Waals surface area contributed by atoms with Gasteiger partial charge in [-0.15, -0.1) is 11.3 Å². The minimum absolute atomic E-state index is 0.251. The highest BCUT2D eigenvalue weighted by Crippen LogP contribution is 2.27. The van der Waals surface area contributed by atoms with Gasteiger partial charge in [-0.25, -0.2) is 14.8 Å². The second-order valence-electron chi connectivity index (χ2n) is 5.98.